The lowest BCUT2D eigenvalue weighted by molar-refractivity contribution is -0.320. The minimum atomic E-state index is -1.38. The predicted molar refractivity (Wildman–Crippen MR) is 58.9 cm³/mol. The van der Waals surface area contributed by atoms with Crippen LogP contribution in [0.1, 0.15) is 13.8 Å². The van der Waals surface area contributed by atoms with Gasteiger partial charge in [-0.3, -0.25) is 0 Å². The van der Waals surface area contributed by atoms with Crippen LogP contribution in [-0.4, -0.2) is 11.6 Å². The van der Waals surface area contributed by atoms with Crippen LogP contribution in [0.25, 0.3) is 0 Å². The molecule has 15 heavy (non-hydrogen) atoms. The quantitative estimate of drug-likeness (QED) is 0.856. The Balaban J connectivity index is 2.95. The van der Waals surface area contributed by atoms with Crippen molar-refractivity contribution < 1.29 is 14.6 Å². The first kappa shape index (κ1) is 12.3. The molecule has 0 aliphatic heterocycles. The van der Waals surface area contributed by atoms with E-state index in [1.165, 1.54) is 13.8 Å². The number of carboxylic acids is 1. The summed E-state index contributed by atoms with van der Waals surface area (Å²) < 4.78 is 5.88. The van der Waals surface area contributed by atoms with Gasteiger partial charge in [0.2, 0.25) is 0 Å². The highest BCUT2D eigenvalue weighted by Gasteiger charge is 2.22. The zero-order valence-corrected chi connectivity index (χ0v) is 10.6. The summed E-state index contributed by atoms with van der Waals surface area (Å²) in [6.07, 6.45) is 0. The summed E-state index contributed by atoms with van der Waals surface area (Å²) in [6.45, 7) is 2.84. The fourth-order valence-corrected chi connectivity index (χ4v) is 1.64. The Labute approximate surface area is 101 Å². The van der Waals surface area contributed by atoms with E-state index in [9.17, 15) is 9.90 Å². The van der Waals surface area contributed by atoms with Gasteiger partial charge in [-0.05, 0) is 48.0 Å². The lowest BCUT2D eigenvalue weighted by atomic mass is 10.1. The van der Waals surface area contributed by atoms with Gasteiger partial charge in [0.15, 0.2) is 0 Å². The highest BCUT2D eigenvalue weighted by molar-refractivity contribution is 9.10. The fourth-order valence-electron chi connectivity index (χ4n) is 0.875. The number of halogens is 2. The molecule has 0 aliphatic carbocycles. The van der Waals surface area contributed by atoms with Crippen molar-refractivity contribution in [3.8, 4) is 5.75 Å². The summed E-state index contributed by atoms with van der Waals surface area (Å²) in [5.74, 6) is -0.863. The van der Waals surface area contributed by atoms with Gasteiger partial charge >= 0.3 is 0 Å². The summed E-state index contributed by atoms with van der Waals surface area (Å²) in [6, 6.07) is 4.84. The second-order valence-corrected chi connectivity index (χ2v) is 4.77. The summed E-state index contributed by atoms with van der Waals surface area (Å²) in [7, 11) is 0. The number of rotatable bonds is 3. The minimum Gasteiger partial charge on any atom is -0.546 e. The maximum Gasteiger partial charge on any atom is 0.143 e. The first-order chi connectivity index (χ1) is 6.83. The Hall–Kier alpha value is -0.740. The SMILES string of the molecule is CC(C)(Oc1ccc(Cl)cc1Br)C(=O)[O-]. The van der Waals surface area contributed by atoms with Crippen molar-refractivity contribution in [2.45, 2.75) is 19.4 Å². The van der Waals surface area contributed by atoms with Gasteiger partial charge in [0.05, 0.1) is 10.4 Å². The monoisotopic (exact) mass is 291 g/mol. The normalized spacial score (nSPS) is 11.2. The molecule has 0 amide bonds. The van der Waals surface area contributed by atoms with Crippen molar-refractivity contribution in [3.63, 3.8) is 0 Å². The number of benzene rings is 1. The molecule has 0 bridgehead atoms. The molecule has 0 atom stereocenters. The Bertz CT molecular complexity index is 390. The molecule has 0 heterocycles. The van der Waals surface area contributed by atoms with E-state index in [2.05, 4.69) is 15.9 Å². The minimum absolute atomic E-state index is 0.411. The molecule has 82 valence electrons. The third kappa shape index (κ3) is 3.11. The van der Waals surface area contributed by atoms with Gasteiger partial charge < -0.3 is 14.6 Å². The van der Waals surface area contributed by atoms with Crippen LogP contribution in [0.4, 0.5) is 0 Å². The zero-order chi connectivity index (χ0) is 11.6. The van der Waals surface area contributed by atoms with Crippen LogP contribution in [-0.2, 0) is 4.79 Å². The summed E-state index contributed by atoms with van der Waals surface area (Å²) in [5, 5.41) is 11.3. The average Bonchev–Trinajstić information content (AvgIpc) is 2.09. The molecule has 0 N–H and O–H groups in total. The molecule has 5 heteroatoms. The third-order valence-electron chi connectivity index (χ3n) is 1.75. The van der Waals surface area contributed by atoms with Gasteiger partial charge in [0.1, 0.15) is 11.4 Å². The molecule has 0 spiro atoms. The van der Waals surface area contributed by atoms with Crippen molar-refractivity contribution in [3.05, 3.63) is 27.7 Å². The van der Waals surface area contributed by atoms with Crippen LogP contribution in [0.15, 0.2) is 22.7 Å². The van der Waals surface area contributed by atoms with Crippen molar-refractivity contribution in [2.24, 2.45) is 0 Å². The maximum atomic E-state index is 10.7. The molecule has 0 unspecified atom stereocenters. The van der Waals surface area contributed by atoms with Crippen molar-refractivity contribution in [2.75, 3.05) is 0 Å². The van der Waals surface area contributed by atoms with Gasteiger partial charge in [-0.15, -0.1) is 0 Å². The molecule has 0 saturated heterocycles. The van der Waals surface area contributed by atoms with Crippen LogP contribution in [0, 0.1) is 0 Å². The molecule has 0 aliphatic rings. The number of aliphatic carboxylic acids is 1. The van der Waals surface area contributed by atoms with Crippen LogP contribution in [0.3, 0.4) is 0 Å². The molecular formula is C10H9BrClO3-. The summed E-state index contributed by atoms with van der Waals surface area (Å²) >= 11 is 8.96. The first-order valence-corrected chi connectivity index (χ1v) is 5.35. The average molecular weight is 293 g/mol. The second-order valence-electron chi connectivity index (χ2n) is 3.47. The first-order valence-electron chi connectivity index (χ1n) is 4.18. The molecule has 3 nitrogen and oxygen atoms in total. The molecule has 0 saturated carbocycles. The number of carbonyl (C=O) groups is 1. The van der Waals surface area contributed by atoms with E-state index < -0.39 is 11.6 Å². The Morgan fingerprint density at radius 2 is 2.13 bits per heavy atom. The largest absolute Gasteiger partial charge is 0.546 e. The molecule has 1 aromatic carbocycles. The van der Waals surface area contributed by atoms with Crippen LogP contribution >= 0.6 is 27.5 Å². The van der Waals surface area contributed by atoms with E-state index >= 15 is 0 Å². The Morgan fingerprint density at radius 1 is 1.53 bits per heavy atom. The predicted octanol–water partition coefficient (Wildman–Crippen LogP) is 2.01. The van der Waals surface area contributed by atoms with E-state index in [0.717, 1.165) is 0 Å². The zero-order valence-electron chi connectivity index (χ0n) is 8.21. The highest BCUT2D eigenvalue weighted by atomic mass is 79.9. The van der Waals surface area contributed by atoms with Crippen molar-refractivity contribution >= 4 is 33.5 Å². The topological polar surface area (TPSA) is 49.4 Å². The van der Waals surface area contributed by atoms with Crippen LogP contribution in [0.5, 0.6) is 5.75 Å². The van der Waals surface area contributed by atoms with Crippen LogP contribution in [0.2, 0.25) is 5.02 Å². The van der Waals surface area contributed by atoms with Gasteiger partial charge in [0, 0.05) is 5.02 Å². The van der Waals surface area contributed by atoms with Crippen molar-refractivity contribution in [1.29, 1.82) is 0 Å². The lowest BCUT2D eigenvalue weighted by Crippen LogP contribution is -2.47. The van der Waals surface area contributed by atoms with Gasteiger partial charge in [0.25, 0.3) is 0 Å². The van der Waals surface area contributed by atoms with Gasteiger partial charge in [-0.2, -0.15) is 0 Å². The highest BCUT2D eigenvalue weighted by Crippen LogP contribution is 2.30. The van der Waals surface area contributed by atoms with Crippen molar-refractivity contribution in [1.82, 2.24) is 0 Å². The number of hydrogen-bond donors (Lipinski definition) is 0. The summed E-state index contributed by atoms with van der Waals surface area (Å²) in [5.41, 5.74) is -1.38. The second kappa shape index (κ2) is 4.41. The standard InChI is InChI=1S/C10H10BrClO3/c1-10(2,9(13)14)15-8-4-3-6(12)5-7(8)11/h3-5H,1-2H3,(H,13,14)/p-1. The molecule has 0 radical (unpaired) electrons. The molecule has 1 rings (SSSR count). The Kier molecular flexibility index (Phi) is 3.62. The number of hydrogen-bond acceptors (Lipinski definition) is 3. The van der Waals surface area contributed by atoms with E-state index in [1.807, 2.05) is 0 Å². The van der Waals surface area contributed by atoms with E-state index in [4.69, 9.17) is 16.3 Å². The third-order valence-corrected chi connectivity index (χ3v) is 2.61. The maximum absolute atomic E-state index is 10.7. The van der Waals surface area contributed by atoms with E-state index in [-0.39, 0.29) is 0 Å². The lowest BCUT2D eigenvalue weighted by Gasteiger charge is -2.27. The van der Waals surface area contributed by atoms with E-state index in [1.54, 1.807) is 18.2 Å². The number of carboxylic acid groups (broad SMARTS) is 1. The molecular weight excluding hydrogens is 283 g/mol. The number of carbonyl (C=O) groups excluding carboxylic acids is 1. The van der Waals surface area contributed by atoms with Crippen LogP contribution < -0.4 is 9.84 Å². The number of ether oxygens (including phenoxy) is 1. The molecule has 1 aromatic rings. The molecule has 0 fully saturated rings. The van der Waals surface area contributed by atoms with Gasteiger partial charge in [-0.1, -0.05) is 11.6 Å². The molecule has 0 aromatic heterocycles. The fraction of sp³-hybridized carbons (Fsp3) is 0.300. The van der Waals surface area contributed by atoms with Gasteiger partial charge in [-0.25, -0.2) is 0 Å². The summed E-state index contributed by atoms with van der Waals surface area (Å²) in [4.78, 5) is 10.7. The smallest absolute Gasteiger partial charge is 0.143 e. The van der Waals surface area contributed by atoms with E-state index in [0.29, 0.717) is 15.2 Å². The Morgan fingerprint density at radius 3 is 2.60 bits per heavy atom.